The Bertz CT molecular complexity index is 596. The van der Waals surface area contributed by atoms with Gasteiger partial charge in [-0.1, -0.05) is 30.3 Å². The molecule has 0 bridgehead atoms. The Morgan fingerprint density at radius 3 is 2.66 bits per heavy atom. The first-order chi connectivity index (χ1) is 13.7. The maximum absolute atomic E-state index is 12.3. The Morgan fingerprint density at radius 1 is 1.28 bits per heavy atom. The zero-order valence-electron chi connectivity index (χ0n) is 17.8. The fourth-order valence-electron chi connectivity index (χ4n) is 3.34. The number of guanidine groups is 1. The average molecular weight is 537 g/mol. The minimum atomic E-state index is -0.887. The number of nitrogens with zero attached hydrogens (tertiary/aromatic N) is 2. The lowest BCUT2D eigenvalue weighted by atomic mass is 10.1. The lowest BCUT2D eigenvalue weighted by Gasteiger charge is -2.33. The highest BCUT2D eigenvalue weighted by atomic mass is 127. The van der Waals surface area contributed by atoms with Crippen molar-refractivity contribution < 1.29 is 8.95 Å². The molecular weight excluding hydrogens is 499 g/mol. The van der Waals surface area contributed by atoms with E-state index < -0.39 is 10.8 Å². The summed E-state index contributed by atoms with van der Waals surface area (Å²) in [4.78, 5) is 7.15. The van der Waals surface area contributed by atoms with Gasteiger partial charge in [0.2, 0.25) is 0 Å². The van der Waals surface area contributed by atoms with E-state index >= 15 is 0 Å². The first-order valence-corrected chi connectivity index (χ1v) is 11.8. The fourth-order valence-corrected chi connectivity index (χ4v) is 4.34. The van der Waals surface area contributed by atoms with Gasteiger partial charge in [0, 0.05) is 68.2 Å². The first-order valence-electron chi connectivity index (χ1n) is 10.4. The number of hydrogen-bond donors (Lipinski definition) is 2. The Hall–Kier alpha value is -0.710. The van der Waals surface area contributed by atoms with E-state index in [1.807, 2.05) is 30.3 Å². The molecule has 1 fully saturated rings. The maximum Gasteiger partial charge on any atom is 0.191 e. The number of hydrogen-bond acceptors (Lipinski definition) is 4. The molecule has 0 saturated carbocycles. The molecule has 1 saturated heterocycles. The summed E-state index contributed by atoms with van der Waals surface area (Å²) in [6.45, 7) is 7.65. The van der Waals surface area contributed by atoms with Gasteiger partial charge in [0.1, 0.15) is 0 Å². The molecule has 6 nitrogen and oxygen atoms in total. The predicted octanol–water partition coefficient (Wildman–Crippen LogP) is 2.61. The van der Waals surface area contributed by atoms with Crippen LogP contribution < -0.4 is 10.6 Å². The molecule has 8 heteroatoms. The van der Waals surface area contributed by atoms with Gasteiger partial charge >= 0.3 is 0 Å². The standard InChI is InChI=1S/C21H36N4O2S.HI/c1-3-22-21(23-12-17-28(26)18-19-8-5-4-6-9-19)24-20-10-14-25(15-11-20)13-7-16-27-2;/h4-6,8-9,20H,3,7,10-18H2,1-2H3,(H2,22,23,24);1H. The monoisotopic (exact) mass is 536 g/mol. The van der Waals surface area contributed by atoms with Crippen LogP contribution in [0.4, 0.5) is 0 Å². The molecule has 0 amide bonds. The second-order valence-electron chi connectivity index (χ2n) is 7.14. The fraction of sp³-hybridized carbons (Fsp3) is 0.667. The number of rotatable bonds is 11. The van der Waals surface area contributed by atoms with Crippen LogP contribution in [0.25, 0.3) is 0 Å². The quantitative estimate of drug-likeness (QED) is 0.197. The third-order valence-corrected chi connectivity index (χ3v) is 6.15. The van der Waals surface area contributed by atoms with Crippen molar-refractivity contribution in [2.75, 3.05) is 52.2 Å². The molecule has 0 radical (unpaired) electrons. The Kier molecular flexibility index (Phi) is 14.6. The van der Waals surface area contributed by atoms with E-state index in [-0.39, 0.29) is 24.0 Å². The van der Waals surface area contributed by atoms with Crippen molar-refractivity contribution in [2.24, 2.45) is 4.99 Å². The number of nitrogens with one attached hydrogen (secondary N) is 2. The van der Waals surface area contributed by atoms with E-state index in [2.05, 4.69) is 27.4 Å². The van der Waals surface area contributed by atoms with Gasteiger partial charge in [0.05, 0.1) is 6.54 Å². The molecule has 1 aromatic rings. The first kappa shape index (κ1) is 26.3. The van der Waals surface area contributed by atoms with E-state index in [1.54, 1.807) is 7.11 Å². The van der Waals surface area contributed by atoms with E-state index in [1.165, 1.54) is 0 Å². The molecule has 0 aliphatic carbocycles. The summed E-state index contributed by atoms with van der Waals surface area (Å²) in [7, 11) is 0.872. The van der Waals surface area contributed by atoms with Gasteiger partial charge in [-0.15, -0.1) is 24.0 Å². The van der Waals surface area contributed by atoms with Crippen molar-refractivity contribution in [3.63, 3.8) is 0 Å². The lowest BCUT2D eigenvalue weighted by molar-refractivity contribution is 0.155. The van der Waals surface area contributed by atoms with Crippen LogP contribution in [0.3, 0.4) is 0 Å². The largest absolute Gasteiger partial charge is 0.385 e. The Labute approximate surface area is 195 Å². The molecule has 1 aliphatic heterocycles. The van der Waals surface area contributed by atoms with Crippen molar-refractivity contribution in [3.05, 3.63) is 35.9 Å². The molecule has 1 unspecified atom stereocenters. The summed E-state index contributed by atoms with van der Waals surface area (Å²) >= 11 is 0. The van der Waals surface area contributed by atoms with E-state index in [4.69, 9.17) is 4.74 Å². The van der Waals surface area contributed by atoms with Gasteiger partial charge in [0.15, 0.2) is 5.96 Å². The van der Waals surface area contributed by atoms with Crippen LogP contribution in [0.1, 0.15) is 31.7 Å². The van der Waals surface area contributed by atoms with E-state index in [0.717, 1.165) is 63.6 Å². The smallest absolute Gasteiger partial charge is 0.191 e. The van der Waals surface area contributed by atoms with Gasteiger partial charge in [-0.25, -0.2) is 0 Å². The molecule has 1 atom stereocenters. The van der Waals surface area contributed by atoms with Gasteiger partial charge < -0.3 is 20.3 Å². The summed E-state index contributed by atoms with van der Waals surface area (Å²) in [5.41, 5.74) is 1.12. The summed E-state index contributed by atoms with van der Waals surface area (Å²) in [5.74, 6) is 2.03. The number of benzene rings is 1. The predicted molar refractivity (Wildman–Crippen MR) is 134 cm³/mol. The highest BCUT2D eigenvalue weighted by Crippen LogP contribution is 2.10. The van der Waals surface area contributed by atoms with E-state index in [0.29, 0.717) is 24.1 Å². The highest BCUT2D eigenvalue weighted by Gasteiger charge is 2.19. The lowest BCUT2D eigenvalue weighted by Crippen LogP contribution is -2.49. The number of ether oxygens (including phenoxy) is 1. The number of halogens is 1. The van der Waals surface area contributed by atoms with Crippen molar-refractivity contribution in [2.45, 2.75) is 38.0 Å². The Morgan fingerprint density at radius 2 is 2.00 bits per heavy atom. The maximum atomic E-state index is 12.3. The van der Waals surface area contributed by atoms with Gasteiger partial charge in [-0.05, 0) is 31.7 Å². The van der Waals surface area contributed by atoms with Crippen molar-refractivity contribution >= 4 is 40.7 Å². The third-order valence-electron chi connectivity index (χ3n) is 4.85. The van der Waals surface area contributed by atoms with Crippen LogP contribution in [0.2, 0.25) is 0 Å². The van der Waals surface area contributed by atoms with Gasteiger partial charge in [-0.3, -0.25) is 9.20 Å². The number of piperidine rings is 1. The summed E-state index contributed by atoms with van der Waals surface area (Å²) in [6.07, 6.45) is 3.34. The molecule has 0 aromatic heterocycles. The number of likely N-dealkylation sites (tertiary alicyclic amines) is 1. The SMILES string of the molecule is CCNC(=NCCS(=O)Cc1ccccc1)NC1CCN(CCCOC)CC1.I. The molecular formula is C21H37IN4O2S. The highest BCUT2D eigenvalue weighted by molar-refractivity contribution is 14.0. The van der Waals surface area contributed by atoms with Crippen LogP contribution in [0, 0.1) is 0 Å². The summed E-state index contributed by atoms with van der Waals surface area (Å²) in [5, 5.41) is 6.87. The topological polar surface area (TPSA) is 66.0 Å². The van der Waals surface area contributed by atoms with Crippen LogP contribution >= 0.6 is 24.0 Å². The number of methoxy groups -OCH3 is 1. The zero-order valence-corrected chi connectivity index (χ0v) is 20.9. The second-order valence-corrected chi connectivity index (χ2v) is 8.72. The van der Waals surface area contributed by atoms with Crippen LogP contribution in [-0.2, 0) is 21.3 Å². The molecule has 29 heavy (non-hydrogen) atoms. The molecule has 1 aromatic carbocycles. The van der Waals surface area contributed by atoms with Crippen molar-refractivity contribution in [1.82, 2.24) is 15.5 Å². The minimum absolute atomic E-state index is 0. The van der Waals surface area contributed by atoms with Crippen LogP contribution in [-0.4, -0.2) is 73.3 Å². The second kappa shape index (κ2) is 16.0. The summed E-state index contributed by atoms with van der Waals surface area (Å²) < 4.78 is 17.4. The molecule has 166 valence electrons. The number of aliphatic imine (C=N–C) groups is 1. The van der Waals surface area contributed by atoms with Crippen molar-refractivity contribution in [3.8, 4) is 0 Å². The minimum Gasteiger partial charge on any atom is -0.385 e. The van der Waals surface area contributed by atoms with E-state index in [9.17, 15) is 4.21 Å². The molecule has 1 aliphatic rings. The van der Waals surface area contributed by atoms with Crippen molar-refractivity contribution in [1.29, 1.82) is 0 Å². The molecule has 2 N–H and O–H groups in total. The Balaban J connectivity index is 0.00000420. The zero-order chi connectivity index (χ0) is 20.0. The van der Waals surface area contributed by atoms with Crippen LogP contribution in [0.5, 0.6) is 0 Å². The molecule has 0 spiro atoms. The molecule has 1 heterocycles. The normalized spacial score (nSPS) is 16.8. The third kappa shape index (κ3) is 11.3. The average Bonchev–Trinajstić information content (AvgIpc) is 2.70. The van der Waals surface area contributed by atoms with Gasteiger partial charge in [-0.2, -0.15) is 0 Å². The summed E-state index contributed by atoms with van der Waals surface area (Å²) in [6, 6.07) is 10.4. The van der Waals surface area contributed by atoms with Gasteiger partial charge in [0.25, 0.3) is 0 Å². The van der Waals surface area contributed by atoms with Crippen LogP contribution in [0.15, 0.2) is 35.3 Å². The molecule has 2 rings (SSSR count).